The van der Waals surface area contributed by atoms with Crippen molar-refractivity contribution in [1.82, 2.24) is 5.43 Å². The van der Waals surface area contributed by atoms with E-state index in [9.17, 15) is 4.79 Å². The molecule has 0 saturated carbocycles. The van der Waals surface area contributed by atoms with Gasteiger partial charge in [-0.15, -0.1) is 0 Å². The third kappa shape index (κ3) is 3.74. The van der Waals surface area contributed by atoms with Crippen molar-refractivity contribution in [2.75, 3.05) is 14.2 Å². The first-order valence-corrected chi connectivity index (χ1v) is 5.31. The predicted molar refractivity (Wildman–Crippen MR) is 67.0 cm³/mol. The second kappa shape index (κ2) is 6.61. The summed E-state index contributed by atoms with van der Waals surface area (Å²) in [4.78, 5) is 11.1. The molecule has 0 unspecified atom stereocenters. The maximum Gasteiger partial charge on any atom is 0.268 e. The molecule has 0 heterocycles. The minimum atomic E-state index is -1.10. The van der Waals surface area contributed by atoms with Gasteiger partial charge in [-0.2, -0.15) is 5.10 Å². The zero-order valence-corrected chi connectivity index (χ0v) is 10.5. The van der Waals surface area contributed by atoms with Gasteiger partial charge in [0.05, 0.1) is 20.4 Å². The van der Waals surface area contributed by atoms with E-state index in [4.69, 9.17) is 14.6 Å². The smallest absolute Gasteiger partial charge is 0.268 e. The number of rotatable bonds is 5. The number of methoxy groups -OCH3 is 2. The van der Waals surface area contributed by atoms with Crippen LogP contribution in [-0.4, -0.2) is 37.6 Å². The molecular formula is C12H16N2O4. The summed E-state index contributed by atoms with van der Waals surface area (Å²) in [6.45, 7) is 1.36. The number of hydrogen-bond acceptors (Lipinski definition) is 5. The monoisotopic (exact) mass is 252 g/mol. The molecule has 2 N–H and O–H groups in total. The molecule has 0 aliphatic carbocycles. The highest BCUT2D eigenvalue weighted by atomic mass is 16.5. The Balaban J connectivity index is 2.81. The Kier molecular flexibility index (Phi) is 5.13. The van der Waals surface area contributed by atoms with Crippen LogP contribution in [0.15, 0.2) is 23.3 Å². The first kappa shape index (κ1) is 14.0. The van der Waals surface area contributed by atoms with Crippen molar-refractivity contribution in [2.24, 2.45) is 5.10 Å². The standard InChI is InChI=1S/C12H16N2O4/c1-8(15)12(16)14-13-7-9-6-10(17-2)4-5-11(9)18-3/h4-8,15H,1-3H3,(H,14,16)/b13-7-/t8-/m0/s1. The van der Waals surface area contributed by atoms with Crippen LogP contribution >= 0.6 is 0 Å². The minimum absolute atomic E-state index is 0.576. The molecule has 6 nitrogen and oxygen atoms in total. The lowest BCUT2D eigenvalue weighted by molar-refractivity contribution is -0.128. The number of hydrazone groups is 1. The number of hydrogen-bond donors (Lipinski definition) is 2. The Morgan fingerprint density at radius 1 is 1.44 bits per heavy atom. The molecule has 1 aromatic rings. The highest BCUT2D eigenvalue weighted by molar-refractivity contribution is 5.86. The number of carbonyl (C=O) groups excluding carboxylic acids is 1. The van der Waals surface area contributed by atoms with E-state index in [1.54, 1.807) is 25.3 Å². The molecule has 6 heteroatoms. The summed E-state index contributed by atoms with van der Waals surface area (Å²) >= 11 is 0. The lowest BCUT2D eigenvalue weighted by Gasteiger charge is -2.07. The molecule has 0 aliphatic heterocycles. The van der Waals surface area contributed by atoms with Crippen LogP contribution in [-0.2, 0) is 4.79 Å². The Morgan fingerprint density at radius 2 is 2.17 bits per heavy atom. The van der Waals surface area contributed by atoms with Crippen molar-refractivity contribution >= 4 is 12.1 Å². The predicted octanol–water partition coefficient (Wildman–Crippen LogP) is 0.535. The SMILES string of the molecule is COc1ccc(OC)c(/C=N\NC(=O)[C@H](C)O)c1. The molecule has 1 rings (SSSR count). The van der Waals surface area contributed by atoms with E-state index < -0.39 is 12.0 Å². The first-order valence-electron chi connectivity index (χ1n) is 5.31. The van der Waals surface area contributed by atoms with Crippen LogP contribution in [0.2, 0.25) is 0 Å². The van der Waals surface area contributed by atoms with Gasteiger partial charge in [-0.05, 0) is 25.1 Å². The van der Waals surface area contributed by atoms with Crippen LogP contribution in [0.5, 0.6) is 11.5 Å². The molecule has 0 spiro atoms. The van der Waals surface area contributed by atoms with Crippen LogP contribution in [0, 0.1) is 0 Å². The summed E-state index contributed by atoms with van der Waals surface area (Å²) in [6.07, 6.45) is 0.316. The molecule has 18 heavy (non-hydrogen) atoms. The van der Waals surface area contributed by atoms with Crippen LogP contribution in [0.4, 0.5) is 0 Å². The van der Waals surface area contributed by atoms with Gasteiger partial charge in [0.1, 0.15) is 17.6 Å². The lowest BCUT2D eigenvalue weighted by atomic mass is 10.2. The Morgan fingerprint density at radius 3 is 2.72 bits per heavy atom. The largest absolute Gasteiger partial charge is 0.497 e. The summed E-state index contributed by atoms with van der Waals surface area (Å²) in [5.74, 6) is 0.679. The number of benzene rings is 1. The maximum atomic E-state index is 11.1. The third-order valence-corrected chi connectivity index (χ3v) is 2.19. The number of ether oxygens (including phenoxy) is 2. The van der Waals surface area contributed by atoms with Crippen molar-refractivity contribution in [3.8, 4) is 11.5 Å². The molecule has 98 valence electrons. The molecule has 1 aromatic carbocycles. The lowest BCUT2D eigenvalue weighted by Crippen LogP contribution is -2.28. The molecule has 0 bridgehead atoms. The first-order chi connectivity index (χ1) is 8.58. The summed E-state index contributed by atoms with van der Waals surface area (Å²) in [6, 6.07) is 5.21. The van der Waals surface area contributed by atoms with E-state index >= 15 is 0 Å². The minimum Gasteiger partial charge on any atom is -0.497 e. The van der Waals surface area contributed by atoms with Crippen molar-refractivity contribution in [3.05, 3.63) is 23.8 Å². The quantitative estimate of drug-likeness (QED) is 0.592. The molecule has 0 saturated heterocycles. The van der Waals surface area contributed by atoms with Gasteiger partial charge in [-0.3, -0.25) is 4.79 Å². The number of carbonyl (C=O) groups is 1. The summed E-state index contributed by atoms with van der Waals surface area (Å²) in [5.41, 5.74) is 2.86. The van der Waals surface area contributed by atoms with E-state index in [-0.39, 0.29) is 0 Å². The second-order valence-corrected chi connectivity index (χ2v) is 3.52. The maximum absolute atomic E-state index is 11.1. The molecule has 0 aliphatic rings. The summed E-state index contributed by atoms with van der Waals surface area (Å²) in [5, 5.41) is 12.7. The Labute approximate surface area is 105 Å². The van der Waals surface area contributed by atoms with E-state index in [2.05, 4.69) is 10.5 Å². The Hall–Kier alpha value is -2.08. The topological polar surface area (TPSA) is 80.2 Å². The highest BCUT2D eigenvalue weighted by Crippen LogP contribution is 2.22. The zero-order chi connectivity index (χ0) is 13.5. The van der Waals surface area contributed by atoms with Crippen molar-refractivity contribution in [1.29, 1.82) is 0 Å². The number of aliphatic hydroxyl groups is 1. The molecule has 1 amide bonds. The van der Waals surface area contributed by atoms with Crippen LogP contribution in [0.1, 0.15) is 12.5 Å². The number of nitrogens with one attached hydrogen (secondary N) is 1. The van der Waals surface area contributed by atoms with Gasteiger partial charge < -0.3 is 14.6 Å². The number of nitrogens with zero attached hydrogens (tertiary/aromatic N) is 1. The van der Waals surface area contributed by atoms with Crippen LogP contribution in [0.3, 0.4) is 0 Å². The third-order valence-electron chi connectivity index (χ3n) is 2.19. The molecule has 0 fully saturated rings. The van der Waals surface area contributed by atoms with Gasteiger partial charge in [-0.25, -0.2) is 5.43 Å². The average Bonchev–Trinajstić information content (AvgIpc) is 2.38. The van der Waals surface area contributed by atoms with Gasteiger partial charge in [0.2, 0.25) is 0 Å². The van der Waals surface area contributed by atoms with Crippen LogP contribution < -0.4 is 14.9 Å². The normalized spacial score (nSPS) is 12.2. The fraction of sp³-hybridized carbons (Fsp3) is 0.333. The van der Waals surface area contributed by atoms with E-state index in [0.29, 0.717) is 17.1 Å². The molecule has 1 atom stereocenters. The fourth-order valence-corrected chi connectivity index (χ4v) is 1.20. The van der Waals surface area contributed by atoms with Crippen molar-refractivity contribution < 1.29 is 19.4 Å². The van der Waals surface area contributed by atoms with E-state index in [1.165, 1.54) is 20.2 Å². The van der Waals surface area contributed by atoms with E-state index in [0.717, 1.165) is 0 Å². The summed E-state index contributed by atoms with van der Waals surface area (Å²) in [7, 11) is 3.09. The second-order valence-electron chi connectivity index (χ2n) is 3.52. The van der Waals surface area contributed by atoms with Crippen molar-refractivity contribution in [2.45, 2.75) is 13.0 Å². The molecule has 0 radical (unpaired) electrons. The van der Waals surface area contributed by atoms with Gasteiger partial charge in [0.25, 0.3) is 5.91 Å². The Bertz CT molecular complexity index is 444. The highest BCUT2D eigenvalue weighted by Gasteiger charge is 2.06. The van der Waals surface area contributed by atoms with Crippen molar-refractivity contribution in [3.63, 3.8) is 0 Å². The van der Waals surface area contributed by atoms with E-state index in [1.807, 2.05) is 0 Å². The zero-order valence-electron chi connectivity index (χ0n) is 10.5. The van der Waals surface area contributed by atoms with Gasteiger partial charge in [-0.1, -0.05) is 0 Å². The number of amides is 1. The van der Waals surface area contributed by atoms with Crippen LogP contribution in [0.25, 0.3) is 0 Å². The molecule has 0 aromatic heterocycles. The fourth-order valence-electron chi connectivity index (χ4n) is 1.20. The number of aliphatic hydroxyl groups excluding tert-OH is 1. The average molecular weight is 252 g/mol. The van der Waals surface area contributed by atoms with Gasteiger partial charge in [0.15, 0.2) is 0 Å². The van der Waals surface area contributed by atoms with Gasteiger partial charge >= 0.3 is 0 Å². The summed E-state index contributed by atoms with van der Waals surface area (Å²) < 4.78 is 10.2. The molecular weight excluding hydrogens is 236 g/mol. The van der Waals surface area contributed by atoms with Gasteiger partial charge in [0, 0.05) is 5.56 Å².